The minimum absolute atomic E-state index is 0.00781. The van der Waals surface area contributed by atoms with Crippen LogP contribution in [0.15, 0.2) is 30.5 Å². The molecule has 9 heteroatoms. The Kier molecular flexibility index (Phi) is 5.48. The number of nitrogen functional groups attached to an aromatic ring is 1. The number of piperidine rings is 1. The SMILES string of the molecule is C[C@@H]1OCC2(CCN(c3cc(N)c(-c4cccc(Cl)c4Cl)c4nc(CF)cn34)CC2)[C@@H]1N. The minimum Gasteiger partial charge on any atom is -0.398 e. The summed E-state index contributed by atoms with van der Waals surface area (Å²) in [5, 5.41) is 0.818. The van der Waals surface area contributed by atoms with Crippen LogP contribution in [-0.4, -0.2) is 41.2 Å². The number of nitrogens with two attached hydrogens (primary N) is 2. The summed E-state index contributed by atoms with van der Waals surface area (Å²) in [5.41, 5.74) is 15.8. The maximum atomic E-state index is 13.6. The molecule has 32 heavy (non-hydrogen) atoms. The number of ether oxygens (including phenoxy) is 1. The first-order chi connectivity index (χ1) is 15.3. The molecule has 0 aliphatic carbocycles. The van der Waals surface area contributed by atoms with E-state index in [1.54, 1.807) is 12.3 Å². The largest absolute Gasteiger partial charge is 0.398 e. The Morgan fingerprint density at radius 2 is 2.03 bits per heavy atom. The van der Waals surface area contributed by atoms with Crippen LogP contribution >= 0.6 is 23.2 Å². The lowest BCUT2D eigenvalue weighted by molar-refractivity contribution is 0.0974. The third-order valence-electron chi connectivity index (χ3n) is 7.09. The molecule has 0 saturated carbocycles. The molecule has 2 atom stereocenters. The Hall–Kier alpha value is -2.06. The van der Waals surface area contributed by atoms with Crippen molar-refractivity contribution in [2.24, 2.45) is 11.1 Å². The van der Waals surface area contributed by atoms with Gasteiger partial charge < -0.3 is 21.1 Å². The standard InChI is InChI=1S/C23H26Cl2FN5O/c1-13-21(28)23(12-32-13)5-7-30(8-6-23)18-9-17(27)19(15-3-2-4-16(24)20(15)25)22-29-14(10-26)11-31(18)22/h2-4,9,11,13,21H,5-8,10,12,27-28H2,1H3/t13-,21+/m0/s1. The highest BCUT2D eigenvalue weighted by atomic mass is 35.5. The predicted molar refractivity (Wildman–Crippen MR) is 127 cm³/mol. The smallest absolute Gasteiger partial charge is 0.148 e. The normalized spacial score (nSPS) is 22.8. The average molecular weight is 478 g/mol. The first-order valence-electron chi connectivity index (χ1n) is 10.8. The van der Waals surface area contributed by atoms with E-state index in [1.165, 1.54) is 0 Å². The molecule has 0 amide bonds. The van der Waals surface area contributed by atoms with Crippen LogP contribution in [0.25, 0.3) is 16.8 Å². The molecule has 2 aliphatic rings. The molecule has 2 aromatic heterocycles. The minimum atomic E-state index is -0.670. The van der Waals surface area contributed by atoms with Crippen molar-refractivity contribution in [3.05, 3.63) is 46.2 Å². The summed E-state index contributed by atoms with van der Waals surface area (Å²) in [5.74, 6) is 0.877. The average Bonchev–Trinajstić information content (AvgIpc) is 3.34. The van der Waals surface area contributed by atoms with Crippen molar-refractivity contribution in [1.29, 1.82) is 0 Å². The van der Waals surface area contributed by atoms with Gasteiger partial charge in [-0.3, -0.25) is 4.40 Å². The summed E-state index contributed by atoms with van der Waals surface area (Å²) < 4.78 is 21.4. The van der Waals surface area contributed by atoms with Gasteiger partial charge >= 0.3 is 0 Å². The van der Waals surface area contributed by atoms with E-state index >= 15 is 0 Å². The van der Waals surface area contributed by atoms with Gasteiger partial charge in [-0.25, -0.2) is 9.37 Å². The maximum Gasteiger partial charge on any atom is 0.148 e. The number of fused-ring (bicyclic) bond motifs is 1. The molecule has 5 rings (SSSR count). The van der Waals surface area contributed by atoms with E-state index < -0.39 is 6.67 Å². The van der Waals surface area contributed by atoms with Crippen molar-refractivity contribution in [1.82, 2.24) is 9.38 Å². The van der Waals surface area contributed by atoms with Crippen LogP contribution in [0.2, 0.25) is 10.0 Å². The van der Waals surface area contributed by atoms with Crippen molar-refractivity contribution in [2.45, 2.75) is 38.6 Å². The van der Waals surface area contributed by atoms with Crippen LogP contribution < -0.4 is 16.4 Å². The molecule has 4 N–H and O–H groups in total. The molecular weight excluding hydrogens is 452 g/mol. The van der Waals surface area contributed by atoms with Crippen molar-refractivity contribution >= 4 is 40.4 Å². The number of hydrogen-bond acceptors (Lipinski definition) is 5. The summed E-state index contributed by atoms with van der Waals surface area (Å²) in [6.45, 7) is 3.68. The number of hydrogen-bond donors (Lipinski definition) is 2. The van der Waals surface area contributed by atoms with Crippen molar-refractivity contribution in [3.8, 4) is 11.1 Å². The molecule has 2 saturated heterocycles. The topological polar surface area (TPSA) is 81.8 Å². The van der Waals surface area contributed by atoms with Crippen LogP contribution in [0.5, 0.6) is 0 Å². The lowest BCUT2D eigenvalue weighted by atomic mass is 9.73. The fourth-order valence-electron chi connectivity index (χ4n) is 5.12. The van der Waals surface area contributed by atoms with Crippen LogP contribution in [0.4, 0.5) is 15.9 Å². The number of alkyl halides is 1. The van der Waals surface area contributed by atoms with Gasteiger partial charge in [0.25, 0.3) is 0 Å². The van der Waals surface area contributed by atoms with Gasteiger partial charge in [-0.05, 0) is 25.8 Å². The molecule has 0 radical (unpaired) electrons. The molecule has 6 nitrogen and oxygen atoms in total. The third kappa shape index (κ3) is 3.34. The van der Waals surface area contributed by atoms with Crippen molar-refractivity contribution in [2.75, 3.05) is 30.3 Å². The number of rotatable bonds is 3. The highest BCUT2D eigenvalue weighted by molar-refractivity contribution is 6.44. The Bertz CT molecular complexity index is 1170. The zero-order valence-corrected chi connectivity index (χ0v) is 19.3. The van der Waals surface area contributed by atoms with E-state index in [0.29, 0.717) is 44.8 Å². The highest BCUT2D eigenvalue weighted by Gasteiger charge is 2.47. The Labute approximate surface area is 196 Å². The number of aromatic nitrogens is 2. The second kappa shape index (κ2) is 8.06. The van der Waals surface area contributed by atoms with Gasteiger partial charge in [0, 0.05) is 53.6 Å². The van der Waals surface area contributed by atoms with E-state index in [2.05, 4.69) is 9.88 Å². The molecule has 0 bridgehead atoms. The molecular formula is C23H26Cl2FN5O. The van der Waals surface area contributed by atoms with Crippen LogP contribution in [0.1, 0.15) is 25.5 Å². The lowest BCUT2D eigenvalue weighted by Gasteiger charge is -2.42. The molecule has 170 valence electrons. The number of nitrogens with zero attached hydrogens (tertiary/aromatic N) is 3. The summed E-state index contributed by atoms with van der Waals surface area (Å²) in [6, 6.07) is 7.32. The van der Waals surface area contributed by atoms with E-state index in [0.717, 1.165) is 31.7 Å². The Morgan fingerprint density at radius 1 is 1.28 bits per heavy atom. The maximum absolute atomic E-state index is 13.6. The molecule has 3 aromatic rings. The number of anilines is 2. The van der Waals surface area contributed by atoms with Gasteiger partial charge in [0.2, 0.25) is 0 Å². The van der Waals surface area contributed by atoms with Crippen molar-refractivity contribution in [3.63, 3.8) is 0 Å². The zero-order chi connectivity index (χ0) is 22.6. The Morgan fingerprint density at radius 3 is 2.69 bits per heavy atom. The van der Waals surface area contributed by atoms with Crippen LogP contribution in [-0.2, 0) is 11.4 Å². The third-order valence-corrected chi connectivity index (χ3v) is 7.91. The quantitative estimate of drug-likeness (QED) is 0.571. The van der Waals surface area contributed by atoms with Gasteiger partial charge in [-0.1, -0.05) is 35.3 Å². The van der Waals surface area contributed by atoms with E-state index in [9.17, 15) is 4.39 Å². The van der Waals surface area contributed by atoms with Gasteiger partial charge in [0.1, 0.15) is 18.1 Å². The Balaban J connectivity index is 1.57. The monoisotopic (exact) mass is 477 g/mol. The van der Waals surface area contributed by atoms with Gasteiger partial charge in [0.05, 0.1) is 28.5 Å². The fraction of sp³-hybridized carbons (Fsp3) is 0.435. The summed E-state index contributed by atoms with van der Waals surface area (Å²) >= 11 is 12.7. The van der Waals surface area contributed by atoms with Crippen LogP contribution in [0.3, 0.4) is 0 Å². The molecule has 2 fully saturated rings. The highest BCUT2D eigenvalue weighted by Crippen LogP contribution is 2.44. The summed E-state index contributed by atoms with van der Waals surface area (Å²) in [4.78, 5) is 6.79. The first-order valence-corrected chi connectivity index (χ1v) is 11.5. The van der Waals surface area contributed by atoms with Gasteiger partial charge in [0.15, 0.2) is 0 Å². The van der Waals surface area contributed by atoms with Crippen molar-refractivity contribution < 1.29 is 9.13 Å². The molecule has 0 unspecified atom stereocenters. The lowest BCUT2D eigenvalue weighted by Crippen LogP contribution is -2.50. The van der Waals surface area contributed by atoms with Crippen LogP contribution in [0, 0.1) is 5.41 Å². The fourth-order valence-corrected chi connectivity index (χ4v) is 5.52. The predicted octanol–water partition coefficient (Wildman–Crippen LogP) is 4.69. The molecule has 1 spiro atoms. The van der Waals surface area contributed by atoms with E-state index in [4.69, 9.17) is 39.4 Å². The molecule has 4 heterocycles. The number of pyridine rings is 1. The molecule has 1 aromatic carbocycles. The van der Waals surface area contributed by atoms with E-state index in [-0.39, 0.29) is 17.6 Å². The summed E-state index contributed by atoms with van der Waals surface area (Å²) in [7, 11) is 0. The van der Waals surface area contributed by atoms with Gasteiger partial charge in [-0.2, -0.15) is 0 Å². The summed E-state index contributed by atoms with van der Waals surface area (Å²) in [6.07, 6.45) is 3.65. The first kappa shape index (κ1) is 21.8. The number of benzene rings is 1. The second-order valence-corrected chi connectivity index (χ2v) is 9.67. The number of halogens is 3. The van der Waals surface area contributed by atoms with E-state index in [1.807, 2.05) is 29.5 Å². The zero-order valence-electron chi connectivity index (χ0n) is 17.8. The van der Waals surface area contributed by atoms with Gasteiger partial charge in [-0.15, -0.1) is 0 Å². The number of imidazole rings is 1. The second-order valence-electron chi connectivity index (χ2n) is 8.89. The molecule has 2 aliphatic heterocycles.